The molecular formula is C26H24N4O. The van der Waals surface area contributed by atoms with Gasteiger partial charge in [0, 0.05) is 23.9 Å². The van der Waals surface area contributed by atoms with Crippen LogP contribution in [0.5, 0.6) is 5.75 Å². The summed E-state index contributed by atoms with van der Waals surface area (Å²) in [7, 11) is 0. The highest BCUT2D eigenvalue weighted by atomic mass is 16.5. The highest BCUT2D eigenvalue weighted by Gasteiger charge is 2.27. The summed E-state index contributed by atoms with van der Waals surface area (Å²) >= 11 is 0. The van der Waals surface area contributed by atoms with E-state index in [1.807, 2.05) is 42.6 Å². The van der Waals surface area contributed by atoms with E-state index in [1.165, 1.54) is 19.3 Å². The van der Waals surface area contributed by atoms with Gasteiger partial charge in [0.05, 0.1) is 6.54 Å². The Morgan fingerprint density at radius 3 is 2.77 bits per heavy atom. The predicted octanol–water partition coefficient (Wildman–Crippen LogP) is 5.29. The first-order valence-electron chi connectivity index (χ1n) is 10.6. The van der Waals surface area contributed by atoms with Crippen LogP contribution in [0.1, 0.15) is 36.6 Å². The average molecular weight is 409 g/mol. The van der Waals surface area contributed by atoms with Gasteiger partial charge in [0.25, 0.3) is 0 Å². The van der Waals surface area contributed by atoms with Crippen LogP contribution in [0.15, 0.2) is 67.0 Å². The quantitative estimate of drug-likeness (QED) is 0.422. The van der Waals surface area contributed by atoms with E-state index in [4.69, 9.17) is 16.1 Å². The number of aromatic nitrogens is 3. The zero-order valence-corrected chi connectivity index (χ0v) is 17.3. The summed E-state index contributed by atoms with van der Waals surface area (Å²) in [5, 5.41) is 3.26. The summed E-state index contributed by atoms with van der Waals surface area (Å²) in [6.07, 6.45) is 12.9. The van der Waals surface area contributed by atoms with Crippen molar-refractivity contribution in [2.45, 2.75) is 31.8 Å². The summed E-state index contributed by atoms with van der Waals surface area (Å²) in [5.74, 6) is 5.78. The van der Waals surface area contributed by atoms with Gasteiger partial charge in [-0.15, -0.1) is 6.42 Å². The second-order valence-corrected chi connectivity index (χ2v) is 7.80. The van der Waals surface area contributed by atoms with Crippen LogP contribution < -0.4 is 10.1 Å². The standard InChI is InChI=1S/C26H24N4O/c1-2-14-27-25-24-23(29-26(20-10-6-11-20)30(24)16-15-28-25)21-12-7-13-22(17-21)31-18-19-8-4-3-5-9-19/h1,3-5,7-9,12-13,15-17,20H,6,10-11,14,18H2,(H,27,28). The summed E-state index contributed by atoms with van der Waals surface area (Å²) in [6, 6.07) is 18.3. The zero-order chi connectivity index (χ0) is 21.0. The number of anilines is 1. The monoisotopic (exact) mass is 408 g/mol. The van der Waals surface area contributed by atoms with Gasteiger partial charge >= 0.3 is 0 Å². The Hall–Kier alpha value is -3.78. The minimum absolute atomic E-state index is 0.413. The molecule has 1 saturated carbocycles. The maximum Gasteiger partial charge on any atom is 0.153 e. The molecule has 0 atom stereocenters. The normalized spacial score (nSPS) is 13.5. The molecule has 0 saturated heterocycles. The summed E-state index contributed by atoms with van der Waals surface area (Å²) in [5.41, 5.74) is 4.00. The third kappa shape index (κ3) is 3.85. The number of imidazole rings is 1. The van der Waals surface area contributed by atoms with Crippen LogP contribution in [0, 0.1) is 12.3 Å². The van der Waals surface area contributed by atoms with E-state index < -0.39 is 0 Å². The molecule has 5 rings (SSSR count). The van der Waals surface area contributed by atoms with Crippen LogP contribution >= 0.6 is 0 Å². The second kappa shape index (κ2) is 8.53. The van der Waals surface area contributed by atoms with E-state index in [1.54, 1.807) is 6.20 Å². The van der Waals surface area contributed by atoms with Gasteiger partial charge in [0.15, 0.2) is 5.82 Å². The van der Waals surface area contributed by atoms with Crippen LogP contribution in [0.4, 0.5) is 5.82 Å². The Balaban J connectivity index is 1.54. The van der Waals surface area contributed by atoms with Crippen molar-refractivity contribution in [1.82, 2.24) is 14.4 Å². The molecule has 2 aromatic carbocycles. The summed E-state index contributed by atoms with van der Waals surface area (Å²) in [4.78, 5) is 9.63. The fourth-order valence-electron chi connectivity index (χ4n) is 3.96. The summed E-state index contributed by atoms with van der Waals surface area (Å²) in [6.45, 7) is 0.939. The molecule has 31 heavy (non-hydrogen) atoms. The molecule has 0 bridgehead atoms. The van der Waals surface area contributed by atoms with Crippen molar-refractivity contribution in [3.63, 3.8) is 0 Å². The lowest BCUT2D eigenvalue weighted by Crippen LogP contribution is -2.13. The molecule has 2 heterocycles. The Bertz CT molecular complexity index is 1240. The molecule has 0 amide bonds. The zero-order valence-electron chi connectivity index (χ0n) is 17.3. The number of ether oxygens (including phenoxy) is 1. The molecule has 1 aliphatic rings. The van der Waals surface area contributed by atoms with Crippen LogP contribution in [0.25, 0.3) is 16.8 Å². The number of fused-ring (bicyclic) bond motifs is 1. The molecular weight excluding hydrogens is 384 g/mol. The van der Waals surface area contributed by atoms with E-state index in [0.29, 0.717) is 19.1 Å². The molecule has 154 valence electrons. The summed E-state index contributed by atoms with van der Waals surface area (Å²) < 4.78 is 8.22. The van der Waals surface area contributed by atoms with Crippen molar-refractivity contribution >= 4 is 11.3 Å². The van der Waals surface area contributed by atoms with E-state index >= 15 is 0 Å². The Morgan fingerprint density at radius 2 is 2.00 bits per heavy atom. The van der Waals surface area contributed by atoms with Crippen molar-refractivity contribution in [1.29, 1.82) is 0 Å². The number of nitrogens with one attached hydrogen (secondary N) is 1. The number of benzene rings is 2. The maximum absolute atomic E-state index is 6.06. The lowest BCUT2D eigenvalue weighted by atomic mass is 9.85. The first-order chi connectivity index (χ1) is 15.3. The van der Waals surface area contributed by atoms with Gasteiger partial charge in [-0.2, -0.15) is 0 Å². The Labute approximate surface area is 182 Å². The lowest BCUT2D eigenvalue weighted by molar-refractivity contribution is 0.306. The van der Waals surface area contributed by atoms with E-state index in [0.717, 1.165) is 39.7 Å². The maximum atomic E-state index is 6.06. The molecule has 1 fully saturated rings. The van der Waals surface area contributed by atoms with Crippen molar-refractivity contribution in [2.75, 3.05) is 11.9 Å². The van der Waals surface area contributed by atoms with Crippen LogP contribution in [-0.2, 0) is 6.61 Å². The molecule has 5 heteroatoms. The predicted molar refractivity (Wildman–Crippen MR) is 123 cm³/mol. The fourth-order valence-corrected chi connectivity index (χ4v) is 3.96. The molecule has 0 radical (unpaired) electrons. The van der Waals surface area contributed by atoms with Gasteiger partial charge in [-0.1, -0.05) is 54.8 Å². The van der Waals surface area contributed by atoms with Crippen molar-refractivity contribution in [3.8, 4) is 29.4 Å². The first-order valence-corrected chi connectivity index (χ1v) is 10.6. The van der Waals surface area contributed by atoms with Gasteiger partial charge in [-0.3, -0.25) is 4.40 Å². The number of hydrogen-bond donors (Lipinski definition) is 1. The van der Waals surface area contributed by atoms with Gasteiger partial charge in [0.2, 0.25) is 0 Å². The molecule has 0 unspecified atom stereocenters. The van der Waals surface area contributed by atoms with Crippen LogP contribution in [-0.4, -0.2) is 20.9 Å². The molecule has 0 spiro atoms. The molecule has 5 nitrogen and oxygen atoms in total. The molecule has 0 aliphatic heterocycles. The van der Waals surface area contributed by atoms with Gasteiger partial charge in [0.1, 0.15) is 29.4 Å². The number of rotatable bonds is 7. The van der Waals surface area contributed by atoms with Gasteiger partial charge < -0.3 is 10.1 Å². The third-order valence-corrected chi connectivity index (χ3v) is 5.77. The lowest BCUT2D eigenvalue weighted by Gasteiger charge is -2.24. The first kappa shape index (κ1) is 19.2. The average Bonchev–Trinajstić information content (AvgIpc) is 3.16. The van der Waals surface area contributed by atoms with Crippen molar-refractivity contribution in [3.05, 3.63) is 78.4 Å². The highest BCUT2D eigenvalue weighted by molar-refractivity contribution is 5.87. The molecule has 1 N–H and O–H groups in total. The van der Waals surface area contributed by atoms with E-state index in [9.17, 15) is 0 Å². The smallest absolute Gasteiger partial charge is 0.153 e. The number of nitrogens with zero attached hydrogens (tertiary/aromatic N) is 3. The second-order valence-electron chi connectivity index (χ2n) is 7.80. The minimum atomic E-state index is 0.413. The number of terminal acetylenes is 1. The third-order valence-electron chi connectivity index (χ3n) is 5.77. The highest BCUT2D eigenvalue weighted by Crippen LogP contribution is 2.40. The topological polar surface area (TPSA) is 51.5 Å². The van der Waals surface area contributed by atoms with Crippen LogP contribution in [0.2, 0.25) is 0 Å². The van der Waals surface area contributed by atoms with Crippen molar-refractivity contribution in [2.24, 2.45) is 0 Å². The SMILES string of the molecule is C#CCNc1nccn2c(C3CCC3)nc(-c3cccc(OCc4ccccc4)c3)c12. The van der Waals surface area contributed by atoms with Gasteiger partial charge in [-0.25, -0.2) is 9.97 Å². The van der Waals surface area contributed by atoms with E-state index in [2.05, 4.69) is 38.8 Å². The minimum Gasteiger partial charge on any atom is -0.489 e. The Morgan fingerprint density at radius 1 is 1.13 bits per heavy atom. The largest absolute Gasteiger partial charge is 0.489 e. The molecule has 4 aromatic rings. The molecule has 1 aliphatic carbocycles. The van der Waals surface area contributed by atoms with Crippen LogP contribution in [0.3, 0.4) is 0 Å². The Kier molecular flexibility index (Phi) is 5.28. The number of hydrogen-bond acceptors (Lipinski definition) is 4. The van der Waals surface area contributed by atoms with E-state index in [-0.39, 0.29) is 0 Å². The van der Waals surface area contributed by atoms with Crippen molar-refractivity contribution < 1.29 is 4.74 Å². The fraction of sp³-hybridized carbons (Fsp3) is 0.231. The van der Waals surface area contributed by atoms with Gasteiger partial charge in [-0.05, 0) is 30.5 Å². The molecule has 2 aromatic heterocycles.